The summed E-state index contributed by atoms with van der Waals surface area (Å²) >= 11 is 0. The first-order valence-electron chi connectivity index (χ1n) is 5.06. The van der Waals surface area contributed by atoms with Crippen LogP contribution in [-0.4, -0.2) is 32.6 Å². The second kappa shape index (κ2) is 6.04. The Morgan fingerprint density at radius 1 is 1.31 bits per heavy atom. The quantitative estimate of drug-likeness (QED) is 0.466. The van der Waals surface area contributed by atoms with Crippen LogP contribution in [0.5, 0.6) is 0 Å². The number of aromatic amines is 1. The van der Waals surface area contributed by atoms with Crippen molar-refractivity contribution in [2.75, 3.05) is 0 Å². The molecule has 16 heavy (non-hydrogen) atoms. The van der Waals surface area contributed by atoms with E-state index in [-0.39, 0.29) is 17.4 Å². The largest absolute Gasteiger partial charge is 0.370 e. The van der Waals surface area contributed by atoms with Gasteiger partial charge in [-0.05, 0) is 13.8 Å². The molecule has 0 saturated heterocycles. The second-order valence-corrected chi connectivity index (χ2v) is 4.63. The van der Waals surface area contributed by atoms with E-state index < -0.39 is 0 Å². The minimum Gasteiger partial charge on any atom is -0.370 e. The fourth-order valence-electron chi connectivity index (χ4n) is 0.778. The number of guanidine groups is 1. The smallest absolute Gasteiger partial charge is 0.186 e. The first-order chi connectivity index (χ1) is 7.23. The number of nitrogens with one attached hydrogen (secondary N) is 1. The van der Waals surface area contributed by atoms with Gasteiger partial charge in [0.1, 0.15) is 0 Å². The van der Waals surface area contributed by atoms with Crippen LogP contribution >= 0.6 is 0 Å². The summed E-state index contributed by atoms with van der Waals surface area (Å²) < 4.78 is 0. The zero-order chi connectivity index (χ0) is 12.8. The SMILES string of the molecule is CC(C)(C)c1nn[nH]n1.CC(C)N=C(N)N. The number of tetrazole rings is 1. The Hall–Kier alpha value is -1.66. The number of aromatic nitrogens is 4. The number of aliphatic imine (C=N–C) groups is 1. The third-order valence-electron chi connectivity index (χ3n) is 1.42. The summed E-state index contributed by atoms with van der Waals surface area (Å²) in [5, 5.41) is 13.5. The molecule has 0 fully saturated rings. The lowest BCUT2D eigenvalue weighted by molar-refractivity contribution is 0.546. The number of nitrogens with two attached hydrogens (primary N) is 2. The molecule has 92 valence electrons. The van der Waals surface area contributed by atoms with Gasteiger partial charge in [-0.2, -0.15) is 5.21 Å². The fraction of sp³-hybridized carbons (Fsp3) is 0.778. The van der Waals surface area contributed by atoms with Crippen LogP contribution in [0.1, 0.15) is 40.4 Å². The van der Waals surface area contributed by atoms with E-state index in [1.807, 2.05) is 34.6 Å². The molecule has 1 aromatic heterocycles. The van der Waals surface area contributed by atoms with E-state index >= 15 is 0 Å². The molecule has 0 bridgehead atoms. The van der Waals surface area contributed by atoms with Crippen LogP contribution < -0.4 is 11.5 Å². The highest BCUT2D eigenvalue weighted by Crippen LogP contribution is 2.15. The number of hydrogen-bond acceptors (Lipinski definition) is 4. The molecular formula is C9H21N7. The predicted octanol–water partition coefficient (Wildman–Crippen LogP) is 0.165. The van der Waals surface area contributed by atoms with Crippen LogP contribution in [0.3, 0.4) is 0 Å². The highest BCUT2D eigenvalue weighted by molar-refractivity contribution is 5.75. The first kappa shape index (κ1) is 14.3. The van der Waals surface area contributed by atoms with Crippen molar-refractivity contribution in [1.29, 1.82) is 0 Å². The number of nitrogens with zero attached hydrogens (tertiary/aromatic N) is 4. The molecular weight excluding hydrogens is 206 g/mol. The lowest BCUT2D eigenvalue weighted by Gasteiger charge is -2.10. The maximum atomic E-state index is 5.02. The van der Waals surface area contributed by atoms with E-state index in [2.05, 4.69) is 25.6 Å². The monoisotopic (exact) mass is 227 g/mol. The Morgan fingerprint density at radius 2 is 1.88 bits per heavy atom. The minimum atomic E-state index is 0.00694. The maximum Gasteiger partial charge on any atom is 0.186 e. The summed E-state index contributed by atoms with van der Waals surface area (Å²) in [6, 6.07) is 0.213. The number of H-pyrrole nitrogens is 1. The van der Waals surface area contributed by atoms with Crippen molar-refractivity contribution in [2.24, 2.45) is 16.5 Å². The topological polar surface area (TPSA) is 119 Å². The van der Waals surface area contributed by atoms with Gasteiger partial charge in [-0.1, -0.05) is 26.0 Å². The van der Waals surface area contributed by atoms with E-state index in [1.165, 1.54) is 0 Å². The van der Waals surface area contributed by atoms with E-state index in [4.69, 9.17) is 11.5 Å². The Labute approximate surface area is 95.7 Å². The van der Waals surface area contributed by atoms with E-state index in [0.717, 1.165) is 5.82 Å². The van der Waals surface area contributed by atoms with E-state index in [9.17, 15) is 0 Å². The van der Waals surface area contributed by atoms with Gasteiger partial charge in [0.2, 0.25) is 0 Å². The summed E-state index contributed by atoms with van der Waals surface area (Å²) in [4.78, 5) is 3.75. The third-order valence-corrected chi connectivity index (χ3v) is 1.42. The number of hydrogen-bond donors (Lipinski definition) is 3. The molecule has 0 aromatic carbocycles. The first-order valence-corrected chi connectivity index (χ1v) is 5.06. The molecule has 1 aromatic rings. The average molecular weight is 227 g/mol. The molecule has 1 rings (SSSR count). The van der Waals surface area contributed by atoms with Crippen LogP contribution in [0, 0.1) is 0 Å². The van der Waals surface area contributed by atoms with Gasteiger partial charge in [-0.15, -0.1) is 10.2 Å². The summed E-state index contributed by atoms with van der Waals surface area (Å²) in [6.07, 6.45) is 0. The van der Waals surface area contributed by atoms with Crippen molar-refractivity contribution in [3.8, 4) is 0 Å². The molecule has 0 amide bonds. The summed E-state index contributed by atoms with van der Waals surface area (Å²) in [6.45, 7) is 9.95. The van der Waals surface area contributed by atoms with Gasteiger partial charge < -0.3 is 11.5 Å². The van der Waals surface area contributed by atoms with E-state index in [1.54, 1.807) is 0 Å². The van der Waals surface area contributed by atoms with Crippen LogP contribution in [0.25, 0.3) is 0 Å². The summed E-state index contributed by atoms with van der Waals surface area (Å²) in [5.41, 5.74) is 10.0. The molecule has 1 heterocycles. The van der Waals surface area contributed by atoms with Crippen LogP contribution in [0.15, 0.2) is 4.99 Å². The Balaban J connectivity index is 0.000000293. The maximum absolute atomic E-state index is 5.02. The van der Waals surface area contributed by atoms with Crippen molar-refractivity contribution in [3.05, 3.63) is 5.82 Å². The predicted molar refractivity (Wildman–Crippen MR) is 63.8 cm³/mol. The molecule has 5 N–H and O–H groups in total. The minimum absolute atomic E-state index is 0.00694. The normalized spacial score (nSPS) is 10.6. The molecule has 0 aliphatic heterocycles. The Kier molecular flexibility index (Phi) is 5.41. The molecule has 7 heteroatoms. The summed E-state index contributed by atoms with van der Waals surface area (Å²) in [5.74, 6) is 0.914. The van der Waals surface area contributed by atoms with Gasteiger partial charge in [0.25, 0.3) is 0 Å². The Morgan fingerprint density at radius 3 is 2.00 bits per heavy atom. The van der Waals surface area contributed by atoms with Crippen molar-refractivity contribution in [1.82, 2.24) is 20.6 Å². The van der Waals surface area contributed by atoms with Gasteiger partial charge in [0.05, 0.1) is 0 Å². The van der Waals surface area contributed by atoms with Gasteiger partial charge in [0, 0.05) is 11.5 Å². The van der Waals surface area contributed by atoms with Crippen molar-refractivity contribution in [2.45, 2.75) is 46.1 Å². The standard InChI is InChI=1S/C5H10N4.C4H11N3/c1-5(2,3)4-6-8-9-7-4;1-3(2)7-4(5)6/h1-3H3,(H,6,7,8,9);3H,1-2H3,(H4,5,6,7). The zero-order valence-corrected chi connectivity index (χ0v) is 10.5. The average Bonchev–Trinajstić information content (AvgIpc) is 2.51. The molecule has 0 atom stereocenters. The lowest BCUT2D eigenvalue weighted by Crippen LogP contribution is -2.24. The van der Waals surface area contributed by atoms with E-state index in [0.29, 0.717) is 0 Å². The lowest BCUT2D eigenvalue weighted by atomic mass is 9.96. The number of rotatable bonds is 1. The van der Waals surface area contributed by atoms with Gasteiger partial charge in [0.15, 0.2) is 11.8 Å². The van der Waals surface area contributed by atoms with Gasteiger partial charge in [-0.3, -0.25) is 4.99 Å². The molecule has 0 spiro atoms. The van der Waals surface area contributed by atoms with Crippen LogP contribution in [0.2, 0.25) is 0 Å². The third kappa shape index (κ3) is 6.74. The highest BCUT2D eigenvalue weighted by atomic mass is 15.5. The van der Waals surface area contributed by atoms with Crippen LogP contribution in [-0.2, 0) is 5.41 Å². The van der Waals surface area contributed by atoms with Crippen molar-refractivity contribution < 1.29 is 0 Å². The van der Waals surface area contributed by atoms with Crippen molar-refractivity contribution in [3.63, 3.8) is 0 Å². The highest BCUT2D eigenvalue weighted by Gasteiger charge is 2.17. The molecule has 7 nitrogen and oxygen atoms in total. The Bertz CT molecular complexity index is 303. The molecule has 0 radical (unpaired) electrons. The summed E-state index contributed by atoms with van der Waals surface area (Å²) in [7, 11) is 0. The van der Waals surface area contributed by atoms with Crippen LogP contribution in [0.4, 0.5) is 0 Å². The zero-order valence-electron chi connectivity index (χ0n) is 10.5. The molecule has 0 aliphatic rings. The van der Waals surface area contributed by atoms with Gasteiger partial charge in [-0.25, -0.2) is 0 Å². The molecule has 0 aliphatic carbocycles. The molecule has 0 unspecified atom stereocenters. The molecule has 0 saturated carbocycles. The fourth-order valence-corrected chi connectivity index (χ4v) is 0.778. The van der Waals surface area contributed by atoms with Crippen molar-refractivity contribution >= 4 is 5.96 Å². The van der Waals surface area contributed by atoms with Gasteiger partial charge >= 0.3 is 0 Å². The second-order valence-electron chi connectivity index (χ2n) is 4.63.